The zero-order valence-electron chi connectivity index (χ0n) is 8.63. The second-order valence-corrected chi connectivity index (χ2v) is 8.00. The summed E-state index contributed by atoms with van der Waals surface area (Å²) in [5, 5.41) is 0. The molecule has 1 saturated carbocycles. The van der Waals surface area contributed by atoms with Crippen molar-refractivity contribution in [3.05, 3.63) is 24.3 Å². The van der Waals surface area contributed by atoms with Gasteiger partial charge in [0.05, 0.1) is 0 Å². The van der Waals surface area contributed by atoms with Crippen LogP contribution in [0.2, 0.25) is 0 Å². The third-order valence-corrected chi connectivity index (χ3v) is 5.39. The zero-order chi connectivity index (χ0) is 12.7. The summed E-state index contributed by atoms with van der Waals surface area (Å²) < 4.78 is 48.8. The van der Waals surface area contributed by atoms with Crippen molar-refractivity contribution in [2.24, 2.45) is 0 Å². The predicted molar refractivity (Wildman–Crippen MR) is 62.8 cm³/mol. The smallest absolute Gasteiger partial charge is 0.208 e. The largest absolute Gasteiger partial charge is 0.262 e. The first kappa shape index (κ1) is 12.8. The zero-order valence-corrected chi connectivity index (χ0v) is 11.0. The van der Waals surface area contributed by atoms with Gasteiger partial charge in [0.2, 0.25) is 10.0 Å². The van der Waals surface area contributed by atoms with Crippen molar-refractivity contribution in [3.63, 3.8) is 0 Å². The molecule has 1 aromatic carbocycles. The second-order valence-electron chi connectivity index (χ2n) is 3.78. The molecule has 0 amide bonds. The highest BCUT2D eigenvalue weighted by Crippen LogP contribution is 2.27. The maximum Gasteiger partial charge on any atom is 0.262 e. The van der Waals surface area contributed by atoms with E-state index in [1.54, 1.807) is 0 Å². The molecule has 0 saturated heterocycles. The minimum atomic E-state index is -4.08. The van der Waals surface area contributed by atoms with Gasteiger partial charge in [0.1, 0.15) is 9.79 Å². The quantitative estimate of drug-likeness (QED) is 0.842. The number of benzene rings is 1. The monoisotopic (exact) mass is 295 g/mol. The number of hydrogen-bond acceptors (Lipinski definition) is 4. The SMILES string of the molecule is O=S(=O)(Cl)c1ccccc1S(=O)(=O)NC1CC1. The molecule has 0 atom stereocenters. The fourth-order valence-electron chi connectivity index (χ4n) is 1.36. The molecule has 0 aromatic heterocycles. The Kier molecular flexibility index (Phi) is 3.19. The molecule has 1 fully saturated rings. The Labute approximate surface area is 104 Å². The molecule has 1 N–H and O–H groups in total. The lowest BCUT2D eigenvalue weighted by Gasteiger charge is -2.08. The van der Waals surface area contributed by atoms with Crippen LogP contribution in [0.3, 0.4) is 0 Å². The molecule has 17 heavy (non-hydrogen) atoms. The summed E-state index contributed by atoms with van der Waals surface area (Å²) in [5.74, 6) is 0. The lowest BCUT2D eigenvalue weighted by atomic mass is 10.4. The van der Waals surface area contributed by atoms with Crippen LogP contribution in [-0.2, 0) is 19.1 Å². The summed E-state index contributed by atoms with van der Waals surface area (Å²) in [6.07, 6.45) is 1.55. The third-order valence-electron chi connectivity index (χ3n) is 2.30. The number of sulfonamides is 1. The van der Waals surface area contributed by atoms with Gasteiger partial charge in [-0.15, -0.1) is 0 Å². The molecule has 94 valence electrons. The molecule has 1 aliphatic carbocycles. The fraction of sp³-hybridized carbons (Fsp3) is 0.333. The van der Waals surface area contributed by atoms with Crippen LogP contribution in [0.25, 0.3) is 0 Å². The van der Waals surface area contributed by atoms with E-state index in [-0.39, 0.29) is 10.9 Å². The summed E-state index contributed by atoms with van der Waals surface area (Å²) in [7, 11) is -2.70. The average molecular weight is 296 g/mol. The Morgan fingerprint density at radius 3 is 2.06 bits per heavy atom. The molecule has 1 aromatic rings. The molecule has 5 nitrogen and oxygen atoms in total. The maximum atomic E-state index is 11.9. The minimum absolute atomic E-state index is 0.0916. The van der Waals surface area contributed by atoms with Crippen LogP contribution >= 0.6 is 10.7 Å². The van der Waals surface area contributed by atoms with Gasteiger partial charge in [0.15, 0.2) is 0 Å². The van der Waals surface area contributed by atoms with E-state index < -0.39 is 24.0 Å². The highest BCUT2D eigenvalue weighted by atomic mass is 35.7. The van der Waals surface area contributed by atoms with Gasteiger partial charge < -0.3 is 0 Å². The lowest BCUT2D eigenvalue weighted by Crippen LogP contribution is -2.26. The van der Waals surface area contributed by atoms with Crippen molar-refractivity contribution in [3.8, 4) is 0 Å². The predicted octanol–water partition coefficient (Wildman–Crippen LogP) is 1.05. The standard InChI is InChI=1S/C9H10ClNO4S2/c10-16(12,13)8-3-1-2-4-9(8)17(14,15)11-7-5-6-7/h1-4,7,11H,5-6H2. The van der Waals surface area contributed by atoms with Crippen molar-refractivity contribution in [2.45, 2.75) is 28.7 Å². The highest BCUT2D eigenvalue weighted by molar-refractivity contribution is 8.14. The van der Waals surface area contributed by atoms with Crippen LogP contribution in [0.5, 0.6) is 0 Å². The van der Waals surface area contributed by atoms with Crippen molar-refractivity contribution < 1.29 is 16.8 Å². The minimum Gasteiger partial charge on any atom is -0.208 e. The average Bonchev–Trinajstić information content (AvgIpc) is 3.00. The molecular formula is C9H10ClNO4S2. The first-order valence-corrected chi connectivity index (χ1v) is 8.66. The van der Waals surface area contributed by atoms with Gasteiger partial charge in [-0.05, 0) is 25.0 Å². The van der Waals surface area contributed by atoms with Crippen molar-refractivity contribution >= 4 is 29.8 Å². The van der Waals surface area contributed by atoms with E-state index in [1.807, 2.05) is 0 Å². The number of nitrogens with one attached hydrogen (secondary N) is 1. The Morgan fingerprint density at radius 1 is 1.06 bits per heavy atom. The van der Waals surface area contributed by atoms with Crippen LogP contribution in [0.4, 0.5) is 0 Å². The molecular weight excluding hydrogens is 286 g/mol. The van der Waals surface area contributed by atoms with Crippen LogP contribution in [0, 0.1) is 0 Å². The van der Waals surface area contributed by atoms with Gasteiger partial charge in [0, 0.05) is 16.7 Å². The molecule has 8 heteroatoms. The second kappa shape index (κ2) is 4.24. The van der Waals surface area contributed by atoms with Crippen LogP contribution < -0.4 is 4.72 Å². The van der Waals surface area contributed by atoms with E-state index in [2.05, 4.69) is 4.72 Å². The van der Waals surface area contributed by atoms with Crippen LogP contribution in [0.1, 0.15) is 12.8 Å². The van der Waals surface area contributed by atoms with Crippen LogP contribution in [-0.4, -0.2) is 22.9 Å². The first-order valence-electron chi connectivity index (χ1n) is 4.87. The molecule has 0 heterocycles. The molecule has 2 rings (SSSR count). The van der Waals surface area contributed by atoms with Crippen molar-refractivity contribution in [2.75, 3.05) is 0 Å². The van der Waals surface area contributed by atoms with Gasteiger partial charge in [-0.2, -0.15) is 0 Å². The molecule has 0 unspecified atom stereocenters. The summed E-state index contributed by atoms with van der Waals surface area (Å²) in [6.45, 7) is 0. The number of rotatable bonds is 4. The van der Waals surface area contributed by atoms with Gasteiger partial charge in [-0.3, -0.25) is 0 Å². The van der Waals surface area contributed by atoms with E-state index >= 15 is 0 Å². The Morgan fingerprint density at radius 2 is 1.59 bits per heavy atom. The fourth-order valence-corrected chi connectivity index (χ4v) is 4.50. The summed E-state index contributed by atoms with van der Waals surface area (Å²) in [4.78, 5) is -0.697. The molecule has 1 aliphatic rings. The van der Waals surface area contributed by atoms with E-state index in [1.165, 1.54) is 24.3 Å². The van der Waals surface area contributed by atoms with Gasteiger partial charge in [-0.1, -0.05) is 12.1 Å². The molecule has 0 bridgehead atoms. The van der Waals surface area contributed by atoms with Crippen LogP contribution in [0.15, 0.2) is 34.1 Å². The first-order chi connectivity index (χ1) is 7.81. The Bertz CT molecular complexity index is 635. The van der Waals surface area contributed by atoms with Crippen molar-refractivity contribution in [1.29, 1.82) is 0 Å². The summed E-state index contributed by atoms with van der Waals surface area (Å²) in [6, 6.07) is 5.17. The number of hydrogen-bond donors (Lipinski definition) is 1. The summed E-state index contributed by atoms with van der Waals surface area (Å²) in [5.41, 5.74) is 0. The van der Waals surface area contributed by atoms with E-state index in [4.69, 9.17) is 10.7 Å². The van der Waals surface area contributed by atoms with Gasteiger partial charge >= 0.3 is 0 Å². The number of halogens is 1. The molecule has 0 spiro atoms. The highest BCUT2D eigenvalue weighted by Gasteiger charge is 2.31. The van der Waals surface area contributed by atoms with E-state index in [0.717, 1.165) is 12.8 Å². The third kappa shape index (κ3) is 2.98. The van der Waals surface area contributed by atoms with Gasteiger partial charge in [-0.25, -0.2) is 21.6 Å². The van der Waals surface area contributed by atoms with Gasteiger partial charge in [0.25, 0.3) is 9.05 Å². The molecule has 0 aliphatic heterocycles. The topological polar surface area (TPSA) is 80.3 Å². The Balaban J connectivity index is 2.51. The normalized spacial score (nSPS) is 17.0. The van der Waals surface area contributed by atoms with E-state index in [0.29, 0.717) is 0 Å². The maximum absolute atomic E-state index is 11.9. The Hall–Kier alpha value is -0.630. The lowest BCUT2D eigenvalue weighted by molar-refractivity contribution is 0.575. The summed E-state index contributed by atoms with van der Waals surface area (Å²) >= 11 is 0. The van der Waals surface area contributed by atoms with E-state index in [9.17, 15) is 16.8 Å². The molecule has 0 radical (unpaired) electrons. The van der Waals surface area contributed by atoms with Crippen molar-refractivity contribution in [1.82, 2.24) is 4.72 Å².